The highest BCUT2D eigenvalue weighted by atomic mass is 16.2. The Labute approximate surface area is 192 Å². The highest BCUT2D eigenvalue weighted by Crippen LogP contribution is 2.20. The molecule has 3 heterocycles. The van der Waals surface area contributed by atoms with Crippen molar-refractivity contribution in [3.05, 3.63) is 83.8 Å². The summed E-state index contributed by atoms with van der Waals surface area (Å²) >= 11 is 0. The number of nitrogens with zero attached hydrogens (tertiary/aromatic N) is 4. The molecule has 5 rings (SSSR count). The van der Waals surface area contributed by atoms with Gasteiger partial charge in [-0.15, -0.1) is 0 Å². The van der Waals surface area contributed by atoms with Gasteiger partial charge in [0.25, 0.3) is 5.91 Å². The van der Waals surface area contributed by atoms with Crippen molar-refractivity contribution in [2.45, 2.75) is 0 Å². The van der Waals surface area contributed by atoms with E-state index in [1.807, 2.05) is 47.5 Å². The van der Waals surface area contributed by atoms with E-state index >= 15 is 0 Å². The van der Waals surface area contributed by atoms with Crippen molar-refractivity contribution in [3.63, 3.8) is 0 Å². The van der Waals surface area contributed by atoms with E-state index < -0.39 is 0 Å². The normalized spacial score (nSPS) is 14.8. The lowest BCUT2D eigenvalue weighted by atomic mass is 10.1. The Morgan fingerprint density at radius 1 is 0.970 bits per heavy atom. The number of amides is 1. The molecule has 2 aromatic carbocycles. The molecule has 33 heavy (non-hydrogen) atoms. The number of H-pyrrole nitrogens is 1. The number of piperazine rings is 1. The van der Waals surface area contributed by atoms with Gasteiger partial charge < -0.3 is 20.1 Å². The summed E-state index contributed by atoms with van der Waals surface area (Å²) in [7, 11) is 2.08. The van der Waals surface area contributed by atoms with E-state index in [1.165, 1.54) is 5.39 Å². The first-order valence-corrected chi connectivity index (χ1v) is 11.1. The predicted octanol–water partition coefficient (Wildman–Crippen LogP) is 4.26. The summed E-state index contributed by atoms with van der Waals surface area (Å²) in [5.74, 6) is 0.593. The first kappa shape index (κ1) is 20.9. The maximum atomic E-state index is 12.7. The number of anilines is 2. The molecule has 166 valence electrons. The van der Waals surface area contributed by atoms with Crippen molar-refractivity contribution in [1.82, 2.24) is 24.8 Å². The van der Waals surface area contributed by atoms with Gasteiger partial charge >= 0.3 is 0 Å². The minimum atomic E-state index is 0.0809. The fourth-order valence-electron chi connectivity index (χ4n) is 3.95. The maximum absolute atomic E-state index is 12.7. The molecule has 1 aliphatic heterocycles. The van der Waals surface area contributed by atoms with Crippen molar-refractivity contribution in [1.29, 1.82) is 0 Å². The molecule has 0 spiro atoms. The fraction of sp³-hybridized carbons (Fsp3) is 0.192. The van der Waals surface area contributed by atoms with E-state index in [-0.39, 0.29) is 5.91 Å². The summed E-state index contributed by atoms with van der Waals surface area (Å²) < 4.78 is 0. The lowest BCUT2D eigenvalue weighted by Gasteiger charge is -2.32. The van der Waals surface area contributed by atoms with E-state index in [9.17, 15) is 4.79 Å². The van der Waals surface area contributed by atoms with Crippen LogP contribution in [0.5, 0.6) is 0 Å². The zero-order valence-corrected chi connectivity index (χ0v) is 18.5. The van der Waals surface area contributed by atoms with Gasteiger partial charge in [0, 0.05) is 72.5 Å². The molecule has 2 aromatic heterocycles. The number of nitrogens with one attached hydrogen (secondary N) is 2. The number of aromatic amines is 1. The van der Waals surface area contributed by atoms with E-state index in [4.69, 9.17) is 0 Å². The zero-order chi connectivity index (χ0) is 22.6. The second-order valence-electron chi connectivity index (χ2n) is 8.26. The fourth-order valence-corrected chi connectivity index (χ4v) is 3.95. The van der Waals surface area contributed by atoms with Crippen LogP contribution in [0.4, 0.5) is 11.6 Å². The lowest BCUT2D eigenvalue weighted by Crippen LogP contribution is -2.47. The second-order valence-corrected chi connectivity index (χ2v) is 8.26. The zero-order valence-electron chi connectivity index (χ0n) is 18.5. The number of carbonyl (C=O) groups is 1. The number of hydrogen-bond acceptors (Lipinski definition) is 5. The Bertz CT molecular complexity index is 1270. The number of hydrogen-bond donors (Lipinski definition) is 2. The molecule has 2 N–H and O–H groups in total. The van der Waals surface area contributed by atoms with Gasteiger partial charge in [-0.3, -0.25) is 4.79 Å². The third-order valence-corrected chi connectivity index (χ3v) is 5.93. The summed E-state index contributed by atoms with van der Waals surface area (Å²) in [6.07, 6.45) is 9.59. The Morgan fingerprint density at radius 3 is 2.48 bits per heavy atom. The van der Waals surface area contributed by atoms with Crippen LogP contribution >= 0.6 is 0 Å². The molecule has 0 radical (unpaired) electrons. The summed E-state index contributed by atoms with van der Waals surface area (Å²) in [5, 5.41) is 4.38. The van der Waals surface area contributed by atoms with Crippen LogP contribution in [-0.2, 0) is 0 Å². The summed E-state index contributed by atoms with van der Waals surface area (Å²) in [6, 6.07) is 15.7. The molecule has 0 atom stereocenters. The van der Waals surface area contributed by atoms with Crippen molar-refractivity contribution in [2.75, 3.05) is 38.5 Å². The molecule has 1 saturated heterocycles. The van der Waals surface area contributed by atoms with Gasteiger partial charge in [-0.25, -0.2) is 9.97 Å². The van der Waals surface area contributed by atoms with Crippen LogP contribution in [0.1, 0.15) is 21.5 Å². The smallest absolute Gasteiger partial charge is 0.253 e. The third kappa shape index (κ3) is 4.78. The largest absolute Gasteiger partial charge is 0.361 e. The van der Waals surface area contributed by atoms with Crippen molar-refractivity contribution < 1.29 is 4.79 Å². The van der Waals surface area contributed by atoms with E-state index in [2.05, 4.69) is 56.5 Å². The first-order valence-electron chi connectivity index (χ1n) is 11.1. The number of rotatable bonds is 5. The Balaban J connectivity index is 1.21. The molecule has 1 aliphatic rings. The highest BCUT2D eigenvalue weighted by Gasteiger charge is 2.20. The van der Waals surface area contributed by atoms with E-state index in [0.29, 0.717) is 11.5 Å². The summed E-state index contributed by atoms with van der Waals surface area (Å²) in [5.41, 5.74) is 4.71. The standard InChI is InChI=1S/C26H26N6O/c1-31-13-15-32(16-14-31)25(33)21-7-9-22(10-8-21)30-26-28-17-19(18-29-26)5-6-20-3-2-4-24-23(20)11-12-27-24/h2-12,17-18,27H,13-16H2,1H3,(H,28,29,30)/b6-5+. The summed E-state index contributed by atoms with van der Waals surface area (Å²) in [4.78, 5) is 28.9. The van der Waals surface area contributed by atoms with Crippen LogP contribution in [0.15, 0.2) is 67.1 Å². The third-order valence-electron chi connectivity index (χ3n) is 5.93. The van der Waals surface area contributed by atoms with Crippen molar-refractivity contribution in [3.8, 4) is 0 Å². The average molecular weight is 439 g/mol. The molecule has 0 bridgehead atoms. The van der Waals surface area contributed by atoms with Crippen molar-refractivity contribution >= 4 is 40.6 Å². The van der Waals surface area contributed by atoms with Gasteiger partial charge in [-0.05, 0) is 49.0 Å². The molecule has 1 fully saturated rings. The maximum Gasteiger partial charge on any atom is 0.253 e. The molecule has 0 unspecified atom stereocenters. The quantitative estimate of drug-likeness (QED) is 0.487. The van der Waals surface area contributed by atoms with E-state index in [1.54, 1.807) is 12.4 Å². The van der Waals surface area contributed by atoms with Gasteiger partial charge in [0.1, 0.15) is 0 Å². The monoisotopic (exact) mass is 438 g/mol. The molecular weight excluding hydrogens is 412 g/mol. The van der Waals surface area contributed by atoms with Crippen LogP contribution in [0.25, 0.3) is 23.1 Å². The van der Waals surface area contributed by atoms with Crippen LogP contribution in [-0.4, -0.2) is 63.9 Å². The van der Waals surface area contributed by atoms with Gasteiger partial charge in [0.2, 0.25) is 5.95 Å². The highest BCUT2D eigenvalue weighted by molar-refractivity contribution is 5.94. The SMILES string of the molecule is CN1CCN(C(=O)c2ccc(Nc3ncc(/C=C/c4cccc5[nH]ccc45)cn3)cc2)CC1. The van der Waals surface area contributed by atoms with Gasteiger partial charge in [-0.1, -0.05) is 24.3 Å². The van der Waals surface area contributed by atoms with Crippen LogP contribution in [0.2, 0.25) is 0 Å². The van der Waals surface area contributed by atoms with Crippen molar-refractivity contribution in [2.24, 2.45) is 0 Å². The molecule has 0 saturated carbocycles. The lowest BCUT2D eigenvalue weighted by molar-refractivity contribution is 0.0664. The molecule has 0 aliphatic carbocycles. The second kappa shape index (κ2) is 9.26. The first-order chi connectivity index (χ1) is 16.2. The van der Waals surface area contributed by atoms with Crippen LogP contribution in [0.3, 0.4) is 0 Å². The number of fused-ring (bicyclic) bond motifs is 1. The van der Waals surface area contributed by atoms with E-state index in [0.717, 1.165) is 48.5 Å². The minimum absolute atomic E-state index is 0.0809. The average Bonchev–Trinajstić information content (AvgIpc) is 3.34. The molecule has 7 heteroatoms. The summed E-state index contributed by atoms with van der Waals surface area (Å²) in [6.45, 7) is 3.36. The van der Waals surface area contributed by atoms with Crippen LogP contribution < -0.4 is 5.32 Å². The van der Waals surface area contributed by atoms with Gasteiger partial charge in [0.05, 0.1) is 0 Å². The Hall–Kier alpha value is -3.97. The molecule has 4 aromatic rings. The molecule has 1 amide bonds. The van der Waals surface area contributed by atoms with Gasteiger partial charge in [0.15, 0.2) is 0 Å². The predicted molar refractivity (Wildman–Crippen MR) is 132 cm³/mol. The number of likely N-dealkylation sites (N-methyl/N-ethyl adjacent to an activating group) is 1. The topological polar surface area (TPSA) is 77.1 Å². The number of aromatic nitrogens is 3. The van der Waals surface area contributed by atoms with Crippen LogP contribution in [0, 0.1) is 0 Å². The minimum Gasteiger partial charge on any atom is -0.361 e. The Morgan fingerprint density at radius 2 is 1.73 bits per heavy atom. The Kier molecular flexibility index (Phi) is 5.87. The molecular formula is C26H26N6O. The number of benzene rings is 2. The van der Waals surface area contributed by atoms with Gasteiger partial charge in [-0.2, -0.15) is 0 Å². The number of carbonyl (C=O) groups excluding carboxylic acids is 1. The molecule has 7 nitrogen and oxygen atoms in total.